The minimum absolute atomic E-state index is 0.0406. The van der Waals surface area contributed by atoms with E-state index in [-0.39, 0.29) is 30.4 Å². The quantitative estimate of drug-likeness (QED) is 0.476. The minimum atomic E-state index is -0.354. The molecule has 2 fully saturated rings. The van der Waals surface area contributed by atoms with Crippen LogP contribution in [0.1, 0.15) is 80.0 Å². The number of likely N-dealkylation sites (tertiary alicyclic amines) is 1. The summed E-state index contributed by atoms with van der Waals surface area (Å²) in [6.45, 7) is 1.27. The van der Waals surface area contributed by atoms with Gasteiger partial charge < -0.3 is 15.3 Å². The van der Waals surface area contributed by atoms with Gasteiger partial charge in [-0.3, -0.25) is 9.59 Å². The van der Waals surface area contributed by atoms with E-state index >= 15 is 0 Å². The topological polar surface area (TPSA) is 69.6 Å². The van der Waals surface area contributed by atoms with Gasteiger partial charge in [-0.1, -0.05) is 85.5 Å². The van der Waals surface area contributed by atoms with Crippen molar-refractivity contribution in [2.24, 2.45) is 5.92 Å². The van der Waals surface area contributed by atoms with Crippen LogP contribution in [0.15, 0.2) is 54.1 Å². The van der Waals surface area contributed by atoms with Gasteiger partial charge in [-0.05, 0) is 59.9 Å². The van der Waals surface area contributed by atoms with Crippen molar-refractivity contribution in [3.8, 4) is 0 Å². The molecule has 37 heavy (non-hydrogen) atoms. The highest BCUT2D eigenvalue weighted by atomic mass is 16.3. The van der Waals surface area contributed by atoms with E-state index in [1.54, 1.807) is 0 Å². The molecule has 5 nitrogen and oxygen atoms in total. The van der Waals surface area contributed by atoms with Gasteiger partial charge >= 0.3 is 0 Å². The van der Waals surface area contributed by atoms with Crippen LogP contribution in [0.25, 0.3) is 17.7 Å². The third-order valence-electron chi connectivity index (χ3n) is 8.23. The van der Waals surface area contributed by atoms with E-state index in [0.29, 0.717) is 25.9 Å². The summed E-state index contributed by atoms with van der Waals surface area (Å²) >= 11 is 0. The summed E-state index contributed by atoms with van der Waals surface area (Å²) in [5.74, 6) is 0.207. The Morgan fingerprint density at radius 1 is 0.892 bits per heavy atom. The van der Waals surface area contributed by atoms with E-state index in [4.69, 9.17) is 0 Å². The molecule has 1 aliphatic heterocycles. The summed E-state index contributed by atoms with van der Waals surface area (Å²) < 4.78 is 0. The summed E-state index contributed by atoms with van der Waals surface area (Å²) in [5.41, 5.74) is 7.70. The number of rotatable bonds is 6. The minimum Gasteiger partial charge on any atom is -0.394 e. The molecule has 1 heterocycles. The molecule has 1 saturated heterocycles. The van der Waals surface area contributed by atoms with Gasteiger partial charge in [0.05, 0.1) is 12.6 Å². The average molecular weight is 499 g/mol. The number of piperidine rings is 1. The molecule has 2 amide bonds. The molecule has 2 aromatic rings. The van der Waals surface area contributed by atoms with Crippen LogP contribution < -0.4 is 5.32 Å². The van der Waals surface area contributed by atoms with E-state index in [0.717, 1.165) is 38.5 Å². The monoisotopic (exact) mass is 498 g/mol. The molecule has 194 valence electrons. The maximum absolute atomic E-state index is 13.0. The molecule has 0 aromatic heterocycles. The van der Waals surface area contributed by atoms with Crippen LogP contribution in [0, 0.1) is 5.92 Å². The van der Waals surface area contributed by atoms with Crippen LogP contribution in [-0.2, 0) is 9.59 Å². The Hall–Kier alpha value is -3.18. The molecule has 0 spiro atoms. The number of aliphatic hydroxyl groups excluding tert-OH is 1. The smallest absolute Gasteiger partial charge is 0.223 e. The van der Waals surface area contributed by atoms with Crippen LogP contribution >= 0.6 is 0 Å². The highest BCUT2D eigenvalue weighted by molar-refractivity contribution is 5.95. The molecule has 3 aliphatic rings. The van der Waals surface area contributed by atoms with Crippen molar-refractivity contribution in [2.75, 3.05) is 19.7 Å². The largest absolute Gasteiger partial charge is 0.394 e. The van der Waals surface area contributed by atoms with E-state index in [9.17, 15) is 14.7 Å². The molecule has 5 rings (SSSR count). The summed E-state index contributed by atoms with van der Waals surface area (Å²) in [7, 11) is 0. The van der Waals surface area contributed by atoms with Gasteiger partial charge in [0.25, 0.3) is 0 Å². The second-order valence-corrected chi connectivity index (χ2v) is 10.6. The zero-order valence-electron chi connectivity index (χ0n) is 21.6. The van der Waals surface area contributed by atoms with Crippen molar-refractivity contribution in [3.05, 3.63) is 76.4 Å². The van der Waals surface area contributed by atoms with Crippen LogP contribution in [-0.4, -0.2) is 47.6 Å². The van der Waals surface area contributed by atoms with Crippen molar-refractivity contribution in [1.82, 2.24) is 10.2 Å². The number of carbonyl (C=O) groups is 2. The van der Waals surface area contributed by atoms with Gasteiger partial charge in [0.15, 0.2) is 0 Å². The van der Waals surface area contributed by atoms with Gasteiger partial charge in [0.1, 0.15) is 0 Å². The molecule has 2 aromatic carbocycles. The van der Waals surface area contributed by atoms with Crippen molar-refractivity contribution >= 4 is 29.5 Å². The molecule has 1 unspecified atom stereocenters. The number of hydrogen-bond donors (Lipinski definition) is 2. The van der Waals surface area contributed by atoms with Crippen LogP contribution in [0.3, 0.4) is 0 Å². The first-order valence-electron chi connectivity index (χ1n) is 13.9. The first-order chi connectivity index (χ1) is 18.1. The highest BCUT2D eigenvalue weighted by Crippen LogP contribution is 2.38. The number of amides is 2. The number of carbonyl (C=O) groups excluding carboxylic acids is 2. The van der Waals surface area contributed by atoms with Crippen LogP contribution in [0.5, 0.6) is 0 Å². The van der Waals surface area contributed by atoms with Crippen molar-refractivity contribution in [2.45, 2.75) is 63.8 Å². The molecule has 0 radical (unpaired) electrons. The van der Waals surface area contributed by atoms with Crippen LogP contribution in [0.4, 0.5) is 0 Å². The zero-order chi connectivity index (χ0) is 25.6. The summed E-state index contributed by atoms with van der Waals surface area (Å²) in [6, 6.07) is 16.8. The molecule has 0 bridgehead atoms. The lowest BCUT2D eigenvalue weighted by atomic mass is 9.86. The predicted octanol–water partition coefficient (Wildman–Crippen LogP) is 5.43. The van der Waals surface area contributed by atoms with Gasteiger partial charge in [0, 0.05) is 25.4 Å². The van der Waals surface area contributed by atoms with Gasteiger partial charge in [-0.2, -0.15) is 0 Å². The SMILES string of the molecule is O=C(NC(CO)CCC(=O)N1CCC(=C2c3ccccc3C=Cc3ccccc32)CC1)C1CCCCC1. The fourth-order valence-electron chi connectivity index (χ4n) is 6.07. The number of nitrogens with zero attached hydrogens (tertiary/aromatic N) is 1. The van der Waals surface area contributed by atoms with Gasteiger partial charge in [0.2, 0.25) is 11.8 Å². The normalized spacial score (nSPS) is 18.6. The molecular weight excluding hydrogens is 460 g/mol. The van der Waals surface area contributed by atoms with Gasteiger partial charge in [-0.25, -0.2) is 0 Å². The average Bonchev–Trinajstić information content (AvgIpc) is 3.12. The Balaban J connectivity index is 1.22. The Kier molecular flexibility index (Phi) is 8.20. The number of nitrogens with one attached hydrogen (secondary N) is 1. The summed E-state index contributed by atoms with van der Waals surface area (Å²) in [4.78, 5) is 27.6. The van der Waals surface area contributed by atoms with E-state index < -0.39 is 0 Å². The Bertz CT molecular complexity index is 1130. The third-order valence-corrected chi connectivity index (χ3v) is 8.23. The van der Waals surface area contributed by atoms with E-state index in [2.05, 4.69) is 66.0 Å². The van der Waals surface area contributed by atoms with E-state index in [1.165, 1.54) is 39.8 Å². The summed E-state index contributed by atoms with van der Waals surface area (Å²) in [5, 5.41) is 12.8. The lowest BCUT2D eigenvalue weighted by Gasteiger charge is -2.31. The van der Waals surface area contributed by atoms with Crippen LogP contribution in [0.2, 0.25) is 0 Å². The zero-order valence-corrected chi connectivity index (χ0v) is 21.6. The summed E-state index contributed by atoms with van der Waals surface area (Å²) in [6.07, 6.45) is 12.2. The maximum Gasteiger partial charge on any atom is 0.223 e. The lowest BCUT2D eigenvalue weighted by Crippen LogP contribution is -2.43. The second kappa shape index (κ2) is 11.9. The lowest BCUT2D eigenvalue weighted by molar-refractivity contribution is -0.132. The number of aliphatic hydroxyl groups is 1. The van der Waals surface area contributed by atoms with Crippen molar-refractivity contribution in [3.63, 3.8) is 0 Å². The number of fused-ring (bicyclic) bond motifs is 2. The predicted molar refractivity (Wildman–Crippen MR) is 148 cm³/mol. The van der Waals surface area contributed by atoms with E-state index in [1.807, 2.05) is 4.90 Å². The molecular formula is C32H38N2O3. The van der Waals surface area contributed by atoms with Crippen molar-refractivity contribution in [1.29, 1.82) is 0 Å². The second-order valence-electron chi connectivity index (χ2n) is 10.6. The molecule has 5 heteroatoms. The fourth-order valence-corrected chi connectivity index (χ4v) is 6.07. The Labute approximate surface area is 220 Å². The standard InChI is InChI=1S/C32H38N2O3/c35-22-27(33-32(37)26-10-2-1-3-11-26)16-17-30(36)34-20-18-25(19-21-34)31-28-12-6-4-8-23(28)14-15-24-9-5-7-13-29(24)31/h4-9,12-15,26-27,35H,1-3,10-11,16-22H2,(H,33,37). The number of benzene rings is 2. The van der Waals surface area contributed by atoms with Crippen molar-refractivity contribution < 1.29 is 14.7 Å². The fraction of sp³-hybridized carbons (Fsp3) is 0.438. The third kappa shape index (κ3) is 5.88. The molecule has 2 N–H and O–H groups in total. The Morgan fingerprint density at radius 2 is 1.49 bits per heavy atom. The molecule has 1 saturated carbocycles. The maximum atomic E-state index is 13.0. The molecule has 2 aliphatic carbocycles. The Morgan fingerprint density at radius 3 is 2.08 bits per heavy atom. The first kappa shape index (κ1) is 25.5. The van der Waals surface area contributed by atoms with Gasteiger partial charge in [-0.15, -0.1) is 0 Å². The highest BCUT2D eigenvalue weighted by Gasteiger charge is 2.26. The molecule has 1 atom stereocenters. The first-order valence-corrected chi connectivity index (χ1v) is 13.9. The number of hydrogen-bond acceptors (Lipinski definition) is 3.